The minimum Gasteiger partial charge on any atom is -0.462 e. The van der Waals surface area contributed by atoms with Crippen LogP contribution in [0.3, 0.4) is 0 Å². The van der Waals surface area contributed by atoms with Crippen molar-refractivity contribution >= 4 is 51.4 Å². The summed E-state index contributed by atoms with van der Waals surface area (Å²) in [5.41, 5.74) is 6.16. The van der Waals surface area contributed by atoms with Crippen LogP contribution < -0.4 is 11.1 Å². The molecule has 0 aliphatic carbocycles. The number of rotatable bonds is 4. The van der Waals surface area contributed by atoms with Crippen LogP contribution in [0.1, 0.15) is 23.5 Å². The summed E-state index contributed by atoms with van der Waals surface area (Å²) in [5, 5.41) is 3.61. The second-order valence-electron chi connectivity index (χ2n) is 4.36. The minimum absolute atomic E-state index is 0. The number of ether oxygens (including phenoxy) is 1. The molecule has 21 heavy (non-hydrogen) atoms. The second kappa shape index (κ2) is 7.40. The molecule has 0 fully saturated rings. The van der Waals surface area contributed by atoms with E-state index in [0.29, 0.717) is 17.2 Å². The standard InChI is InChI=1S/C14H16N2O3S.ClH/c1-3-19-14(18)12-7-9-6-10(4-5-11(9)20-12)16-13(17)8(2)15;/h4-8H,3,15H2,1-2H3,(H,16,17);1H/t8-;/m1./s1. The maximum Gasteiger partial charge on any atom is 0.348 e. The molecule has 0 bridgehead atoms. The van der Waals surface area contributed by atoms with Gasteiger partial charge in [0.1, 0.15) is 4.88 Å². The molecule has 114 valence electrons. The van der Waals surface area contributed by atoms with E-state index in [4.69, 9.17) is 10.5 Å². The van der Waals surface area contributed by atoms with Crippen molar-refractivity contribution in [2.45, 2.75) is 19.9 Å². The Bertz CT molecular complexity index is 655. The summed E-state index contributed by atoms with van der Waals surface area (Å²) in [7, 11) is 0. The molecule has 3 N–H and O–H groups in total. The van der Waals surface area contributed by atoms with Crippen LogP contribution >= 0.6 is 23.7 Å². The molecule has 0 saturated carbocycles. The lowest BCUT2D eigenvalue weighted by Gasteiger charge is -2.07. The molecule has 5 nitrogen and oxygen atoms in total. The topological polar surface area (TPSA) is 81.4 Å². The van der Waals surface area contributed by atoms with Gasteiger partial charge >= 0.3 is 5.97 Å². The van der Waals surface area contributed by atoms with Crippen LogP contribution in [0.15, 0.2) is 24.3 Å². The van der Waals surface area contributed by atoms with Gasteiger partial charge in [-0.3, -0.25) is 4.79 Å². The first-order valence-corrected chi connectivity index (χ1v) is 7.10. The summed E-state index contributed by atoms with van der Waals surface area (Å²) >= 11 is 1.37. The molecule has 1 amide bonds. The summed E-state index contributed by atoms with van der Waals surface area (Å²) in [6.45, 7) is 3.74. The van der Waals surface area contributed by atoms with Gasteiger partial charge in [-0.1, -0.05) is 0 Å². The summed E-state index contributed by atoms with van der Waals surface area (Å²) in [6, 6.07) is 6.66. The first kappa shape index (κ1) is 17.4. The number of carbonyl (C=O) groups is 2. The average molecular weight is 329 g/mol. The summed E-state index contributed by atoms with van der Waals surface area (Å²) < 4.78 is 5.93. The van der Waals surface area contributed by atoms with E-state index in [2.05, 4.69) is 5.32 Å². The van der Waals surface area contributed by atoms with Crippen LogP contribution in [0.4, 0.5) is 5.69 Å². The van der Waals surface area contributed by atoms with Crippen molar-refractivity contribution in [1.82, 2.24) is 0 Å². The largest absolute Gasteiger partial charge is 0.462 e. The molecule has 0 radical (unpaired) electrons. The fourth-order valence-electron chi connectivity index (χ4n) is 1.68. The van der Waals surface area contributed by atoms with Crippen molar-refractivity contribution in [1.29, 1.82) is 0 Å². The van der Waals surface area contributed by atoms with Crippen LogP contribution in [0.25, 0.3) is 10.1 Å². The number of benzene rings is 1. The van der Waals surface area contributed by atoms with Gasteiger partial charge in [-0.2, -0.15) is 0 Å². The SMILES string of the molecule is CCOC(=O)c1cc2cc(NC(=O)[C@@H](C)N)ccc2s1.Cl. The summed E-state index contributed by atoms with van der Waals surface area (Å²) in [5.74, 6) is -0.569. The number of halogens is 1. The molecular weight excluding hydrogens is 312 g/mol. The average Bonchev–Trinajstić information content (AvgIpc) is 2.82. The van der Waals surface area contributed by atoms with Gasteiger partial charge in [-0.15, -0.1) is 23.7 Å². The summed E-state index contributed by atoms with van der Waals surface area (Å²) in [6.07, 6.45) is 0. The Morgan fingerprint density at radius 3 is 2.71 bits per heavy atom. The molecule has 0 aliphatic rings. The number of fused-ring (bicyclic) bond motifs is 1. The highest BCUT2D eigenvalue weighted by Crippen LogP contribution is 2.28. The third-order valence-corrected chi connectivity index (χ3v) is 3.77. The second-order valence-corrected chi connectivity index (χ2v) is 5.45. The van der Waals surface area contributed by atoms with Crippen molar-refractivity contribution in [3.8, 4) is 0 Å². The Kier molecular flexibility index (Phi) is 6.14. The van der Waals surface area contributed by atoms with Gasteiger partial charge in [-0.25, -0.2) is 4.79 Å². The number of nitrogens with two attached hydrogens (primary N) is 1. The van der Waals surface area contributed by atoms with Crippen LogP contribution in [-0.4, -0.2) is 24.5 Å². The van der Waals surface area contributed by atoms with Gasteiger partial charge in [-0.05, 0) is 43.5 Å². The lowest BCUT2D eigenvalue weighted by Crippen LogP contribution is -2.32. The Labute approximate surface area is 132 Å². The quantitative estimate of drug-likeness (QED) is 0.846. The lowest BCUT2D eigenvalue weighted by molar-refractivity contribution is -0.117. The maximum atomic E-state index is 11.7. The van der Waals surface area contributed by atoms with Gasteiger partial charge in [0.2, 0.25) is 5.91 Å². The highest BCUT2D eigenvalue weighted by molar-refractivity contribution is 7.20. The molecule has 1 heterocycles. The smallest absolute Gasteiger partial charge is 0.348 e. The normalized spacial score (nSPS) is 11.6. The molecular formula is C14H17ClN2O3S. The number of anilines is 1. The number of esters is 1. The van der Waals surface area contributed by atoms with E-state index in [-0.39, 0.29) is 24.3 Å². The van der Waals surface area contributed by atoms with E-state index in [1.165, 1.54) is 11.3 Å². The van der Waals surface area contributed by atoms with Crippen LogP contribution in [0.2, 0.25) is 0 Å². The molecule has 0 saturated heterocycles. The van der Waals surface area contributed by atoms with E-state index in [1.54, 1.807) is 26.0 Å². The van der Waals surface area contributed by atoms with Gasteiger partial charge in [0, 0.05) is 10.4 Å². The molecule has 0 aliphatic heterocycles. The molecule has 2 aromatic rings. The lowest BCUT2D eigenvalue weighted by atomic mass is 10.2. The Hall–Kier alpha value is -1.63. The van der Waals surface area contributed by atoms with Gasteiger partial charge in [0.25, 0.3) is 0 Å². The first-order valence-electron chi connectivity index (χ1n) is 6.28. The Balaban J connectivity index is 0.00000220. The van der Waals surface area contributed by atoms with Crippen LogP contribution in [0, 0.1) is 0 Å². The number of thiophene rings is 1. The van der Waals surface area contributed by atoms with Crippen LogP contribution in [-0.2, 0) is 9.53 Å². The molecule has 1 aromatic carbocycles. The molecule has 1 aromatic heterocycles. The van der Waals surface area contributed by atoms with Crippen molar-refractivity contribution in [2.75, 3.05) is 11.9 Å². The highest BCUT2D eigenvalue weighted by atomic mass is 35.5. The number of amides is 1. The zero-order valence-corrected chi connectivity index (χ0v) is 13.3. The number of hydrogen-bond donors (Lipinski definition) is 2. The van der Waals surface area contributed by atoms with E-state index in [0.717, 1.165) is 10.1 Å². The number of nitrogens with one attached hydrogen (secondary N) is 1. The van der Waals surface area contributed by atoms with Crippen LogP contribution in [0.5, 0.6) is 0 Å². The van der Waals surface area contributed by atoms with E-state index in [9.17, 15) is 9.59 Å². The summed E-state index contributed by atoms with van der Waals surface area (Å²) in [4.78, 5) is 23.8. The third kappa shape index (κ3) is 4.17. The van der Waals surface area contributed by atoms with E-state index >= 15 is 0 Å². The monoisotopic (exact) mass is 328 g/mol. The first-order chi connectivity index (χ1) is 9.51. The van der Waals surface area contributed by atoms with E-state index in [1.807, 2.05) is 12.1 Å². The molecule has 2 rings (SSSR count). The van der Waals surface area contributed by atoms with Crippen molar-refractivity contribution in [3.05, 3.63) is 29.1 Å². The Morgan fingerprint density at radius 1 is 1.38 bits per heavy atom. The molecule has 1 atom stereocenters. The minimum atomic E-state index is -0.566. The highest BCUT2D eigenvalue weighted by Gasteiger charge is 2.12. The van der Waals surface area contributed by atoms with Crippen molar-refractivity contribution in [3.63, 3.8) is 0 Å². The molecule has 7 heteroatoms. The third-order valence-electron chi connectivity index (χ3n) is 2.67. The number of carbonyl (C=O) groups excluding carboxylic acids is 2. The predicted octanol–water partition coefficient (Wildman–Crippen LogP) is 2.79. The molecule has 0 unspecified atom stereocenters. The Morgan fingerprint density at radius 2 is 2.10 bits per heavy atom. The van der Waals surface area contributed by atoms with E-state index < -0.39 is 6.04 Å². The predicted molar refractivity (Wildman–Crippen MR) is 87.3 cm³/mol. The fourth-order valence-corrected chi connectivity index (χ4v) is 2.62. The van der Waals surface area contributed by atoms with Crippen molar-refractivity contribution < 1.29 is 14.3 Å². The maximum absolute atomic E-state index is 11.7. The van der Waals surface area contributed by atoms with Gasteiger partial charge in [0.05, 0.1) is 12.6 Å². The zero-order valence-electron chi connectivity index (χ0n) is 11.7. The fraction of sp³-hybridized carbons (Fsp3) is 0.286. The van der Waals surface area contributed by atoms with Crippen molar-refractivity contribution in [2.24, 2.45) is 5.73 Å². The number of hydrogen-bond acceptors (Lipinski definition) is 5. The zero-order chi connectivity index (χ0) is 14.7. The molecule has 0 spiro atoms. The van der Waals surface area contributed by atoms with Gasteiger partial charge in [0.15, 0.2) is 0 Å². The van der Waals surface area contributed by atoms with Gasteiger partial charge < -0.3 is 15.8 Å².